The largest absolute Gasteiger partial charge is 0.319 e. The van der Waals surface area contributed by atoms with Crippen molar-refractivity contribution in [1.29, 1.82) is 0 Å². The molecule has 0 aliphatic carbocycles. The van der Waals surface area contributed by atoms with Crippen LogP contribution in [-0.2, 0) is 12.8 Å². The molecular weight excluding hydrogens is 334 g/mol. The summed E-state index contributed by atoms with van der Waals surface area (Å²) < 4.78 is 1.13. The van der Waals surface area contributed by atoms with Crippen LogP contribution in [0.1, 0.15) is 11.1 Å². The smallest absolute Gasteiger partial charge is 0.0406 e. The molecule has 1 unspecified atom stereocenters. The van der Waals surface area contributed by atoms with Gasteiger partial charge in [0.2, 0.25) is 0 Å². The van der Waals surface area contributed by atoms with E-state index in [-0.39, 0.29) is 0 Å². The fourth-order valence-electron chi connectivity index (χ4n) is 2.41. The average molecular weight is 353 g/mol. The molecule has 1 atom stereocenters. The summed E-state index contributed by atoms with van der Waals surface area (Å²) in [6.07, 6.45) is 2.14. The quantitative estimate of drug-likeness (QED) is 0.793. The molecule has 1 nitrogen and oxygen atoms in total. The number of benzene rings is 2. The van der Waals surface area contributed by atoms with E-state index >= 15 is 0 Å². The van der Waals surface area contributed by atoms with Gasteiger partial charge < -0.3 is 5.32 Å². The van der Waals surface area contributed by atoms with Gasteiger partial charge in [0.1, 0.15) is 0 Å². The van der Waals surface area contributed by atoms with E-state index in [0.717, 1.165) is 28.9 Å². The molecule has 0 radical (unpaired) electrons. The summed E-state index contributed by atoms with van der Waals surface area (Å²) in [6, 6.07) is 16.8. The van der Waals surface area contributed by atoms with Crippen molar-refractivity contribution in [2.24, 2.45) is 5.92 Å². The predicted octanol–water partition coefficient (Wildman–Crippen LogP) is 4.72. The van der Waals surface area contributed by atoms with E-state index in [1.807, 2.05) is 19.2 Å². The van der Waals surface area contributed by atoms with E-state index in [1.54, 1.807) is 0 Å². The zero-order valence-corrected chi connectivity index (χ0v) is 13.9. The average Bonchev–Trinajstić information content (AvgIpc) is 2.44. The summed E-state index contributed by atoms with van der Waals surface area (Å²) in [5.74, 6) is 0.586. The summed E-state index contributed by atoms with van der Waals surface area (Å²) in [7, 11) is 2.01. The second-order valence-electron chi connectivity index (χ2n) is 5.08. The molecule has 3 heteroatoms. The van der Waals surface area contributed by atoms with Gasteiger partial charge in [-0.1, -0.05) is 51.8 Å². The summed E-state index contributed by atoms with van der Waals surface area (Å²) in [5.41, 5.74) is 2.72. The van der Waals surface area contributed by atoms with Crippen molar-refractivity contribution in [2.45, 2.75) is 12.8 Å². The first-order chi connectivity index (χ1) is 9.67. The molecule has 0 heterocycles. The minimum absolute atomic E-state index is 0.586. The van der Waals surface area contributed by atoms with Gasteiger partial charge in [0.15, 0.2) is 0 Å². The van der Waals surface area contributed by atoms with Crippen LogP contribution in [0.3, 0.4) is 0 Å². The minimum Gasteiger partial charge on any atom is -0.319 e. The lowest BCUT2D eigenvalue weighted by Crippen LogP contribution is -2.22. The monoisotopic (exact) mass is 351 g/mol. The summed E-state index contributed by atoms with van der Waals surface area (Å²) in [5, 5.41) is 4.09. The highest BCUT2D eigenvalue weighted by molar-refractivity contribution is 9.10. The van der Waals surface area contributed by atoms with Gasteiger partial charge in [0, 0.05) is 9.50 Å². The molecule has 20 heavy (non-hydrogen) atoms. The van der Waals surface area contributed by atoms with Gasteiger partial charge in [-0.25, -0.2) is 0 Å². The number of hydrogen-bond acceptors (Lipinski definition) is 1. The number of nitrogens with one attached hydrogen (secondary N) is 1. The highest BCUT2D eigenvalue weighted by Crippen LogP contribution is 2.18. The number of halogens is 2. The second kappa shape index (κ2) is 7.82. The predicted molar refractivity (Wildman–Crippen MR) is 90.4 cm³/mol. The van der Waals surface area contributed by atoms with E-state index in [4.69, 9.17) is 11.6 Å². The Labute approximate surface area is 134 Å². The Morgan fingerprint density at radius 1 is 0.950 bits per heavy atom. The maximum Gasteiger partial charge on any atom is 0.0406 e. The van der Waals surface area contributed by atoms with Crippen LogP contribution in [0.4, 0.5) is 0 Å². The SMILES string of the molecule is CNCC(Cc1ccc(Cl)cc1)Cc1ccc(Br)cc1. The van der Waals surface area contributed by atoms with Crippen molar-refractivity contribution in [1.82, 2.24) is 5.32 Å². The van der Waals surface area contributed by atoms with Crippen molar-refractivity contribution >= 4 is 27.5 Å². The highest BCUT2D eigenvalue weighted by atomic mass is 79.9. The zero-order valence-electron chi connectivity index (χ0n) is 11.6. The third-order valence-electron chi connectivity index (χ3n) is 3.37. The van der Waals surface area contributed by atoms with Crippen LogP contribution in [0.25, 0.3) is 0 Å². The topological polar surface area (TPSA) is 12.0 Å². The van der Waals surface area contributed by atoms with Crippen LogP contribution in [-0.4, -0.2) is 13.6 Å². The molecule has 2 aromatic carbocycles. The van der Waals surface area contributed by atoms with Crippen LogP contribution in [0.2, 0.25) is 5.02 Å². The lowest BCUT2D eigenvalue weighted by Gasteiger charge is -2.17. The maximum absolute atomic E-state index is 5.94. The molecule has 2 rings (SSSR count). The molecule has 0 saturated heterocycles. The van der Waals surface area contributed by atoms with Crippen LogP contribution in [0, 0.1) is 5.92 Å². The normalized spacial score (nSPS) is 12.3. The van der Waals surface area contributed by atoms with Crippen LogP contribution in [0.15, 0.2) is 53.0 Å². The van der Waals surface area contributed by atoms with Gasteiger partial charge in [0.05, 0.1) is 0 Å². The molecule has 1 N–H and O–H groups in total. The first kappa shape index (κ1) is 15.6. The van der Waals surface area contributed by atoms with E-state index in [2.05, 4.69) is 57.6 Å². The zero-order chi connectivity index (χ0) is 14.4. The van der Waals surface area contributed by atoms with Gasteiger partial charge in [-0.3, -0.25) is 0 Å². The molecule has 0 amide bonds. The van der Waals surface area contributed by atoms with Gasteiger partial charge >= 0.3 is 0 Å². The molecule has 0 spiro atoms. The van der Waals surface area contributed by atoms with Crippen LogP contribution < -0.4 is 5.32 Å². The Bertz CT molecular complexity index is 474. The molecule has 0 fully saturated rings. The van der Waals surface area contributed by atoms with Crippen molar-refractivity contribution < 1.29 is 0 Å². The Kier molecular flexibility index (Phi) is 6.08. The van der Waals surface area contributed by atoms with E-state index in [0.29, 0.717) is 5.92 Å². The third-order valence-corrected chi connectivity index (χ3v) is 4.15. The van der Waals surface area contributed by atoms with Gasteiger partial charge in [0.25, 0.3) is 0 Å². The minimum atomic E-state index is 0.586. The lowest BCUT2D eigenvalue weighted by molar-refractivity contribution is 0.493. The Balaban J connectivity index is 2.02. The van der Waals surface area contributed by atoms with Crippen molar-refractivity contribution in [2.75, 3.05) is 13.6 Å². The molecule has 106 valence electrons. The molecule has 0 saturated carbocycles. The Morgan fingerprint density at radius 3 is 1.95 bits per heavy atom. The molecular formula is C17H19BrClN. The number of hydrogen-bond donors (Lipinski definition) is 1. The van der Waals surface area contributed by atoms with Gasteiger partial charge in [-0.2, -0.15) is 0 Å². The fourth-order valence-corrected chi connectivity index (χ4v) is 2.80. The van der Waals surface area contributed by atoms with Crippen molar-refractivity contribution in [3.05, 3.63) is 69.2 Å². The van der Waals surface area contributed by atoms with Crippen molar-refractivity contribution in [3.8, 4) is 0 Å². The molecule has 0 aliphatic rings. The van der Waals surface area contributed by atoms with Gasteiger partial charge in [-0.05, 0) is 67.7 Å². The maximum atomic E-state index is 5.94. The fraction of sp³-hybridized carbons (Fsp3) is 0.294. The highest BCUT2D eigenvalue weighted by Gasteiger charge is 2.10. The van der Waals surface area contributed by atoms with Crippen LogP contribution in [0.5, 0.6) is 0 Å². The Hall–Kier alpha value is -0.830. The third kappa shape index (κ3) is 4.93. The number of rotatable bonds is 6. The summed E-state index contributed by atoms with van der Waals surface area (Å²) in [6.45, 7) is 1.01. The molecule has 0 aromatic heterocycles. The van der Waals surface area contributed by atoms with Gasteiger partial charge in [-0.15, -0.1) is 0 Å². The Morgan fingerprint density at radius 2 is 1.45 bits per heavy atom. The first-order valence-electron chi connectivity index (χ1n) is 6.81. The first-order valence-corrected chi connectivity index (χ1v) is 7.98. The molecule has 0 bridgehead atoms. The van der Waals surface area contributed by atoms with Crippen LogP contribution >= 0.6 is 27.5 Å². The van der Waals surface area contributed by atoms with E-state index in [1.165, 1.54) is 11.1 Å². The second-order valence-corrected chi connectivity index (χ2v) is 6.44. The van der Waals surface area contributed by atoms with E-state index in [9.17, 15) is 0 Å². The summed E-state index contributed by atoms with van der Waals surface area (Å²) in [4.78, 5) is 0. The van der Waals surface area contributed by atoms with Crippen molar-refractivity contribution in [3.63, 3.8) is 0 Å². The standard InChI is InChI=1S/C17H19BrClN/c1-20-12-15(10-13-2-6-16(18)7-3-13)11-14-4-8-17(19)9-5-14/h2-9,15,20H,10-12H2,1H3. The molecule has 2 aromatic rings. The molecule has 0 aliphatic heterocycles. The van der Waals surface area contributed by atoms with E-state index < -0.39 is 0 Å². The summed E-state index contributed by atoms with van der Waals surface area (Å²) >= 11 is 9.42. The lowest BCUT2D eigenvalue weighted by atomic mass is 9.92.